The van der Waals surface area contributed by atoms with Crippen molar-refractivity contribution in [2.24, 2.45) is 0 Å². The van der Waals surface area contributed by atoms with Crippen molar-refractivity contribution >= 4 is 33.4 Å². The van der Waals surface area contributed by atoms with Gasteiger partial charge in [-0.1, -0.05) is 6.07 Å². The average Bonchev–Trinajstić information content (AvgIpc) is 2.46. The number of rotatable bonds is 1. The zero-order chi connectivity index (χ0) is 8.55. The molecule has 0 saturated carbocycles. The molecule has 0 amide bonds. The van der Waals surface area contributed by atoms with E-state index in [0.717, 1.165) is 10.2 Å². The Morgan fingerprint density at radius 3 is 2.92 bits per heavy atom. The molecule has 60 valence electrons. The van der Waals surface area contributed by atoms with E-state index in [9.17, 15) is 0 Å². The lowest BCUT2D eigenvalue weighted by Gasteiger charge is -1.87. The number of fused-ring (bicyclic) bond motifs is 1. The Bertz CT molecular complexity index is 368. The van der Waals surface area contributed by atoms with Gasteiger partial charge in [0.25, 0.3) is 0 Å². The van der Waals surface area contributed by atoms with Crippen molar-refractivity contribution < 1.29 is 10.0 Å². The van der Waals surface area contributed by atoms with Crippen molar-refractivity contribution in [3.8, 4) is 0 Å². The quantitative estimate of drug-likeness (QED) is 0.604. The minimum absolute atomic E-state index is 0.531. The molecular weight excluding hydrogens is 173 g/mol. The summed E-state index contributed by atoms with van der Waals surface area (Å²) in [7, 11) is -1.39. The minimum Gasteiger partial charge on any atom is -0.423 e. The molecule has 0 aliphatic rings. The normalized spacial score (nSPS) is 10.5. The first kappa shape index (κ1) is 7.73. The van der Waals surface area contributed by atoms with E-state index in [0.29, 0.717) is 4.78 Å². The highest BCUT2D eigenvalue weighted by atomic mass is 32.1. The largest absolute Gasteiger partial charge is 0.499 e. The smallest absolute Gasteiger partial charge is 0.423 e. The van der Waals surface area contributed by atoms with Crippen LogP contribution in [0.4, 0.5) is 0 Å². The second-order valence-corrected chi connectivity index (χ2v) is 3.48. The number of pyridine rings is 1. The van der Waals surface area contributed by atoms with Crippen LogP contribution < -0.4 is 4.78 Å². The minimum atomic E-state index is -1.39. The lowest BCUT2D eigenvalue weighted by atomic mass is 9.89. The molecule has 2 rings (SSSR count). The fourth-order valence-electron chi connectivity index (χ4n) is 1.02. The average molecular weight is 179 g/mol. The van der Waals surface area contributed by atoms with E-state index in [1.807, 2.05) is 12.1 Å². The molecule has 0 spiro atoms. The van der Waals surface area contributed by atoms with Gasteiger partial charge in [0, 0.05) is 16.4 Å². The van der Waals surface area contributed by atoms with E-state index < -0.39 is 7.12 Å². The molecule has 0 bridgehead atoms. The zero-order valence-electron chi connectivity index (χ0n) is 6.14. The molecule has 0 aromatic carbocycles. The fourth-order valence-corrected chi connectivity index (χ4v) is 1.89. The van der Waals surface area contributed by atoms with E-state index in [4.69, 9.17) is 10.0 Å². The number of nitrogens with zero attached hydrogens (tertiary/aromatic N) is 1. The summed E-state index contributed by atoms with van der Waals surface area (Å²) in [6, 6.07) is 5.45. The monoisotopic (exact) mass is 179 g/mol. The van der Waals surface area contributed by atoms with E-state index in [-0.39, 0.29) is 0 Å². The lowest BCUT2D eigenvalue weighted by Crippen LogP contribution is -2.26. The standard InChI is InChI=1S/C7H6BNO2S/c10-8(11)6-4-5-2-1-3-9-7(5)12-6/h1-4,10-11H. The Morgan fingerprint density at radius 1 is 1.42 bits per heavy atom. The molecular formula is C7H6BNO2S. The van der Waals surface area contributed by atoms with Crippen LogP contribution in [-0.4, -0.2) is 22.2 Å². The summed E-state index contributed by atoms with van der Waals surface area (Å²) in [5, 5.41) is 18.7. The highest BCUT2D eigenvalue weighted by Gasteiger charge is 2.14. The molecule has 0 aliphatic heterocycles. The Labute approximate surface area is 73.5 Å². The van der Waals surface area contributed by atoms with Gasteiger partial charge in [0.15, 0.2) is 0 Å². The van der Waals surface area contributed by atoms with Crippen molar-refractivity contribution in [3.63, 3.8) is 0 Å². The van der Waals surface area contributed by atoms with Crippen LogP contribution in [-0.2, 0) is 0 Å². The van der Waals surface area contributed by atoms with Crippen LogP contribution in [0.25, 0.3) is 10.2 Å². The SMILES string of the molecule is OB(O)c1cc2cccnc2s1. The summed E-state index contributed by atoms with van der Waals surface area (Å²) in [6.45, 7) is 0. The van der Waals surface area contributed by atoms with Gasteiger partial charge < -0.3 is 10.0 Å². The summed E-state index contributed by atoms with van der Waals surface area (Å²) >= 11 is 1.29. The zero-order valence-corrected chi connectivity index (χ0v) is 6.95. The van der Waals surface area contributed by atoms with Crippen LogP contribution in [0.2, 0.25) is 0 Å². The Hall–Kier alpha value is -0.905. The van der Waals surface area contributed by atoms with Crippen LogP contribution in [0, 0.1) is 0 Å². The molecule has 0 atom stereocenters. The van der Waals surface area contributed by atoms with Gasteiger partial charge in [-0.3, -0.25) is 0 Å². The summed E-state index contributed by atoms with van der Waals surface area (Å²) < 4.78 is 0.531. The van der Waals surface area contributed by atoms with Gasteiger partial charge in [-0.2, -0.15) is 0 Å². The van der Waals surface area contributed by atoms with Crippen LogP contribution in [0.15, 0.2) is 24.4 Å². The highest BCUT2D eigenvalue weighted by molar-refractivity contribution is 7.27. The number of aromatic nitrogens is 1. The second-order valence-electron chi connectivity index (χ2n) is 2.42. The van der Waals surface area contributed by atoms with Gasteiger partial charge in [0.1, 0.15) is 4.83 Å². The van der Waals surface area contributed by atoms with Crippen molar-refractivity contribution in [3.05, 3.63) is 24.4 Å². The topological polar surface area (TPSA) is 53.4 Å². The predicted octanol–water partition coefficient (Wildman–Crippen LogP) is -0.0239. The van der Waals surface area contributed by atoms with E-state index in [2.05, 4.69) is 4.98 Å². The van der Waals surface area contributed by atoms with Gasteiger partial charge in [0.05, 0.1) is 0 Å². The number of hydrogen-bond donors (Lipinski definition) is 2. The molecule has 0 radical (unpaired) electrons. The molecule has 0 unspecified atom stereocenters. The Morgan fingerprint density at radius 2 is 2.25 bits per heavy atom. The molecule has 0 fully saturated rings. The molecule has 12 heavy (non-hydrogen) atoms. The first-order valence-electron chi connectivity index (χ1n) is 3.48. The number of hydrogen-bond acceptors (Lipinski definition) is 4. The molecule has 3 nitrogen and oxygen atoms in total. The Balaban J connectivity index is 2.62. The summed E-state index contributed by atoms with van der Waals surface area (Å²) in [6.07, 6.45) is 1.69. The maximum Gasteiger partial charge on any atom is 0.499 e. The van der Waals surface area contributed by atoms with Crippen LogP contribution in [0.1, 0.15) is 0 Å². The molecule has 5 heteroatoms. The second kappa shape index (κ2) is 2.86. The first-order chi connectivity index (χ1) is 5.77. The van der Waals surface area contributed by atoms with Gasteiger partial charge >= 0.3 is 7.12 Å². The third kappa shape index (κ3) is 1.22. The summed E-state index contributed by atoms with van der Waals surface area (Å²) in [5.41, 5.74) is 0. The van der Waals surface area contributed by atoms with Crippen molar-refractivity contribution in [2.75, 3.05) is 0 Å². The Kier molecular flexibility index (Phi) is 1.84. The van der Waals surface area contributed by atoms with E-state index >= 15 is 0 Å². The van der Waals surface area contributed by atoms with Gasteiger partial charge in [-0.05, 0) is 12.1 Å². The first-order valence-corrected chi connectivity index (χ1v) is 4.29. The molecule has 0 saturated heterocycles. The summed E-state index contributed by atoms with van der Waals surface area (Å²) in [4.78, 5) is 4.91. The van der Waals surface area contributed by atoms with E-state index in [1.54, 1.807) is 12.3 Å². The van der Waals surface area contributed by atoms with Gasteiger partial charge in [0.2, 0.25) is 0 Å². The predicted molar refractivity (Wildman–Crippen MR) is 49.4 cm³/mol. The molecule has 2 aromatic rings. The van der Waals surface area contributed by atoms with E-state index in [1.165, 1.54) is 11.3 Å². The van der Waals surface area contributed by atoms with Crippen molar-refractivity contribution in [1.82, 2.24) is 4.98 Å². The number of thiophene rings is 1. The summed E-state index contributed by atoms with van der Waals surface area (Å²) in [5.74, 6) is 0. The lowest BCUT2D eigenvalue weighted by molar-refractivity contribution is 0.427. The van der Waals surface area contributed by atoms with Gasteiger partial charge in [-0.15, -0.1) is 11.3 Å². The maximum atomic E-state index is 8.86. The van der Waals surface area contributed by atoms with Crippen molar-refractivity contribution in [1.29, 1.82) is 0 Å². The van der Waals surface area contributed by atoms with Crippen LogP contribution >= 0.6 is 11.3 Å². The highest BCUT2D eigenvalue weighted by Crippen LogP contribution is 2.15. The third-order valence-electron chi connectivity index (χ3n) is 1.57. The van der Waals surface area contributed by atoms with Crippen LogP contribution in [0.3, 0.4) is 0 Å². The van der Waals surface area contributed by atoms with Crippen LogP contribution in [0.5, 0.6) is 0 Å². The molecule has 2 heterocycles. The maximum absolute atomic E-state index is 8.86. The molecule has 2 aromatic heterocycles. The fraction of sp³-hybridized carbons (Fsp3) is 0. The van der Waals surface area contributed by atoms with Gasteiger partial charge in [-0.25, -0.2) is 4.98 Å². The third-order valence-corrected chi connectivity index (χ3v) is 2.67. The van der Waals surface area contributed by atoms with Crippen molar-refractivity contribution in [2.45, 2.75) is 0 Å². The molecule has 0 aliphatic carbocycles. The molecule has 2 N–H and O–H groups in total.